The average Bonchev–Trinajstić information content (AvgIpc) is 3.41. The first-order valence-corrected chi connectivity index (χ1v) is 21.0. The molecule has 20 heteroatoms. The van der Waals surface area contributed by atoms with Crippen LogP contribution >= 0.6 is 0 Å². The number of allylic oxidation sites excluding steroid dienone is 4. The van der Waals surface area contributed by atoms with E-state index in [0.717, 1.165) is 22.3 Å². The molecule has 3 aromatic rings. The van der Waals surface area contributed by atoms with Crippen molar-refractivity contribution in [1.29, 1.82) is 0 Å². The minimum Gasteiger partial charge on any atom is -1.00 e. The van der Waals surface area contributed by atoms with E-state index in [4.69, 9.17) is 71.1 Å². The van der Waals surface area contributed by atoms with Gasteiger partial charge < -0.3 is 37.2 Å². The number of halogens is 3. The fourth-order valence-electron chi connectivity index (χ4n) is 8.68. The summed E-state index contributed by atoms with van der Waals surface area (Å²) in [6.07, 6.45) is 0. The second kappa shape index (κ2) is 22.5. The Kier molecular flexibility index (Phi) is 20.3. The van der Waals surface area contributed by atoms with Crippen LogP contribution in [-0.4, -0.2) is 115 Å². The number of ether oxygens (including phenoxy) is 15. The Morgan fingerprint density at radius 3 is 0.532 bits per heavy atom. The number of hydrogen-bond donors (Lipinski definition) is 0. The molecule has 0 unspecified atom stereocenters. The van der Waals surface area contributed by atoms with Crippen LogP contribution in [0.25, 0.3) is 0 Å². The van der Waals surface area contributed by atoms with Gasteiger partial charge in [0.05, 0.1) is 0 Å². The third kappa shape index (κ3) is 7.61. The molecule has 0 atom stereocenters. The second-order valence-electron chi connectivity index (χ2n) is 13.1. The van der Waals surface area contributed by atoms with E-state index in [0.29, 0.717) is 15.6 Å². The summed E-state index contributed by atoms with van der Waals surface area (Å²) in [5.41, 5.74) is 4.05. The Morgan fingerprint density at radius 2 is 0.403 bits per heavy atom. The van der Waals surface area contributed by atoms with Crippen LogP contribution in [0.3, 0.4) is 0 Å². The van der Waals surface area contributed by atoms with Crippen LogP contribution in [0.4, 0.5) is 0 Å². The molecule has 15 nitrogen and oxygen atoms in total. The van der Waals surface area contributed by atoms with Gasteiger partial charge in [0.25, 0.3) is 0 Å². The molecule has 1 aliphatic carbocycles. The van der Waals surface area contributed by atoms with Crippen molar-refractivity contribution < 1.29 is 129 Å². The first-order valence-electron chi connectivity index (χ1n) is 18.2. The van der Waals surface area contributed by atoms with Gasteiger partial charge >= 0.3 is 361 Å². The normalized spacial score (nSPS) is 12.8. The molecule has 0 saturated carbocycles. The zero-order valence-electron chi connectivity index (χ0n) is 38.8. The topological polar surface area (TPSA) is 138 Å². The number of hydrogen-bond acceptors (Lipinski definition) is 15. The van der Waals surface area contributed by atoms with Crippen molar-refractivity contribution in [2.75, 3.05) is 107 Å². The number of methoxy groups -OCH3 is 15. The summed E-state index contributed by atoms with van der Waals surface area (Å²) < 4.78 is 93.7. The maximum absolute atomic E-state index is 6.56. The fourth-order valence-corrected chi connectivity index (χ4v) is 17.7. The monoisotopic (exact) mass is 982 g/mol. The molecule has 344 valence electrons. The molecule has 0 spiro atoms. The molecule has 4 rings (SSSR count). The predicted molar refractivity (Wildman–Crippen MR) is 222 cm³/mol. The van der Waals surface area contributed by atoms with Gasteiger partial charge in [0, 0.05) is 0 Å². The zero-order valence-corrected chi connectivity index (χ0v) is 43.6. The average molecular weight is 984 g/mol. The van der Waals surface area contributed by atoms with Crippen molar-refractivity contribution in [2.45, 2.75) is 31.0 Å². The van der Waals surface area contributed by atoms with E-state index in [1.807, 2.05) is 0 Å². The van der Waals surface area contributed by atoms with Crippen LogP contribution in [0.2, 0.25) is 3.34 Å². The van der Waals surface area contributed by atoms with E-state index in [1.54, 1.807) is 0 Å². The Hall–Kier alpha value is -4.06. The van der Waals surface area contributed by atoms with Gasteiger partial charge in [-0.05, 0) is 0 Å². The van der Waals surface area contributed by atoms with Crippen LogP contribution in [0.15, 0.2) is 22.3 Å². The minimum absolute atomic E-state index is 0. The summed E-state index contributed by atoms with van der Waals surface area (Å²) in [6, 6.07) is 0. The van der Waals surface area contributed by atoms with Crippen LogP contribution in [-0.2, 0) is 20.4 Å². The number of benzene rings is 3. The summed E-state index contributed by atoms with van der Waals surface area (Å²) in [5.74, 6) is 3.24. The molecule has 62 heavy (non-hydrogen) atoms. The third-order valence-electron chi connectivity index (χ3n) is 11.4. The summed E-state index contributed by atoms with van der Waals surface area (Å²) in [7, 11) is 18.2. The SMILES string of the molecule is COc1c(OC)c(OC)c([Si](c2c(OC)c(OC)c(OC)c(OC)c2OC)(c2c(OC)c(OC)c(OC)c(OC)c2OC)[C]2([Ti+3])C(C)=C(C)C(C)=C2C)c(OC)c1OC.[Cl-].[Cl-].[Cl-]. The first kappa shape index (κ1) is 56.0. The van der Waals surface area contributed by atoms with Crippen molar-refractivity contribution in [3.05, 3.63) is 22.3 Å². The van der Waals surface area contributed by atoms with Crippen LogP contribution in [0.1, 0.15) is 27.7 Å². The van der Waals surface area contributed by atoms with E-state index in [2.05, 4.69) is 48.1 Å². The van der Waals surface area contributed by atoms with Gasteiger partial charge in [0.2, 0.25) is 0 Å². The fraction of sp³-hybridized carbons (Fsp3) is 0.476. The predicted octanol–water partition coefficient (Wildman–Crippen LogP) is -3.77. The molecule has 0 amide bonds. The molecule has 0 aromatic heterocycles. The van der Waals surface area contributed by atoms with Crippen molar-refractivity contribution in [2.24, 2.45) is 0 Å². The minimum atomic E-state index is -4.62. The summed E-state index contributed by atoms with van der Waals surface area (Å²) >= 11 is 2.16. The Morgan fingerprint density at radius 1 is 0.274 bits per heavy atom. The van der Waals surface area contributed by atoms with E-state index in [-0.39, 0.29) is 123 Å². The van der Waals surface area contributed by atoms with Gasteiger partial charge in [-0.2, -0.15) is 0 Å². The molecule has 0 aliphatic heterocycles. The van der Waals surface area contributed by atoms with E-state index in [1.165, 1.54) is 107 Å². The Labute approximate surface area is 396 Å². The maximum Gasteiger partial charge on any atom is -1.00 e. The van der Waals surface area contributed by atoms with Crippen molar-refractivity contribution in [3.63, 3.8) is 0 Å². The molecule has 0 heterocycles. The van der Waals surface area contributed by atoms with Gasteiger partial charge in [-0.1, -0.05) is 0 Å². The van der Waals surface area contributed by atoms with Crippen LogP contribution < -0.4 is 124 Å². The third-order valence-corrected chi connectivity index (χ3v) is 19.8. The second-order valence-corrected chi connectivity index (χ2v) is 18.8. The molecular weight excluding hydrogens is 927 g/mol. The molecule has 0 fully saturated rings. The maximum atomic E-state index is 6.56. The molecule has 3 aromatic carbocycles. The standard InChI is InChI=1S/C42H57O15Si.3ClH.Ti/c1-20-21(2)23(4)39(22(20)3)58(40-33(52-14)27(46-8)24(43-5)28(47-9)34(40)53-15,41-35(54-16)29(48-10)25(44-6)30(49-11)36(41)55-17)42-37(56-18)31(50-12)26(45-7)32(51-13)38(42)57-19;;;;/h1-19H3;3*1H;/q;;;;+3/p-3. The zero-order chi connectivity index (χ0) is 44.3. The van der Waals surface area contributed by atoms with Crippen molar-refractivity contribution in [1.82, 2.24) is 0 Å². The first-order chi connectivity index (χ1) is 28.2. The summed E-state index contributed by atoms with van der Waals surface area (Å²) in [4.78, 5) is 0. The van der Waals surface area contributed by atoms with Gasteiger partial charge in [-0.25, -0.2) is 0 Å². The summed E-state index contributed by atoms with van der Waals surface area (Å²) in [5, 5.41) is 1.37. The summed E-state index contributed by atoms with van der Waals surface area (Å²) in [6.45, 7) is 8.38. The van der Waals surface area contributed by atoms with Gasteiger partial charge in [0.15, 0.2) is 0 Å². The smallest absolute Gasteiger partial charge is 1.00 e. The number of rotatable bonds is 19. The molecule has 0 N–H and O–H groups in total. The van der Waals surface area contributed by atoms with Crippen molar-refractivity contribution in [3.8, 4) is 86.2 Å². The van der Waals surface area contributed by atoms with Crippen LogP contribution in [0, 0.1) is 0 Å². The van der Waals surface area contributed by atoms with E-state index < -0.39 is 11.4 Å². The van der Waals surface area contributed by atoms with Crippen molar-refractivity contribution >= 4 is 23.6 Å². The Bertz CT molecular complexity index is 1850. The Balaban J connectivity index is 0.00000641. The largest absolute Gasteiger partial charge is 1.00 e. The molecule has 0 saturated heterocycles. The molecule has 1 aliphatic rings. The molecular formula is C42H57Cl3O15SiTi. The quantitative estimate of drug-likeness (QED) is 0.0859. The van der Waals surface area contributed by atoms with Crippen LogP contribution in [0.5, 0.6) is 86.2 Å². The van der Waals surface area contributed by atoms with E-state index in [9.17, 15) is 0 Å². The molecule has 0 bridgehead atoms. The molecule has 0 radical (unpaired) electrons. The van der Waals surface area contributed by atoms with E-state index >= 15 is 0 Å². The van der Waals surface area contributed by atoms with Gasteiger partial charge in [-0.3, -0.25) is 0 Å². The van der Waals surface area contributed by atoms with Gasteiger partial charge in [-0.15, -0.1) is 0 Å². The van der Waals surface area contributed by atoms with Gasteiger partial charge in [0.1, 0.15) is 0 Å².